The summed E-state index contributed by atoms with van der Waals surface area (Å²) >= 11 is 1.85. The van der Waals surface area contributed by atoms with Gasteiger partial charge in [0.25, 0.3) is 0 Å². The Labute approximate surface area is 338 Å². The van der Waals surface area contributed by atoms with E-state index < -0.39 is 0 Å². The van der Waals surface area contributed by atoms with Crippen LogP contribution in [0.1, 0.15) is 0 Å². The number of nitrogens with zero attached hydrogens (tertiary/aromatic N) is 4. The van der Waals surface area contributed by atoms with Gasteiger partial charge < -0.3 is 4.57 Å². The van der Waals surface area contributed by atoms with Crippen LogP contribution >= 0.6 is 11.3 Å². The number of benzene rings is 9. The number of hydrogen-bond donors (Lipinski definition) is 0. The first-order valence-electron chi connectivity index (χ1n) is 19.5. The molecule has 4 nitrogen and oxygen atoms in total. The van der Waals surface area contributed by atoms with Crippen molar-refractivity contribution >= 4 is 74.9 Å². The van der Waals surface area contributed by atoms with E-state index in [0.717, 1.165) is 39.0 Å². The standard InChI is InChI=1S/C53H32N4S/c1-3-15-34(16-4-1)51-54-52(35-17-5-2-6-18-35)56-53(55-51)42-28-27-38(57-45-24-12-11-22-40(45)44-30-36-19-7-8-20-37(36)31-46(44)57)32-43(42)41-23-13-25-47-50(41)49-39-21-10-9-14-33(39)26-29-48(49)58-47/h1-32H. The van der Waals surface area contributed by atoms with Crippen LogP contribution < -0.4 is 0 Å². The molecule has 0 aliphatic rings. The van der Waals surface area contributed by atoms with E-state index in [9.17, 15) is 0 Å². The molecule has 3 heterocycles. The lowest BCUT2D eigenvalue weighted by Gasteiger charge is -2.16. The van der Waals surface area contributed by atoms with Gasteiger partial charge in [-0.05, 0) is 81.2 Å². The molecule has 0 atom stereocenters. The van der Waals surface area contributed by atoms with Gasteiger partial charge in [-0.15, -0.1) is 11.3 Å². The van der Waals surface area contributed by atoms with Gasteiger partial charge >= 0.3 is 0 Å². The van der Waals surface area contributed by atoms with Crippen LogP contribution in [0.5, 0.6) is 0 Å². The normalized spacial score (nSPS) is 11.8. The number of aromatic nitrogens is 4. The predicted octanol–water partition coefficient (Wildman–Crippen LogP) is 14.3. The van der Waals surface area contributed by atoms with Crippen LogP contribution in [0.25, 0.3) is 115 Å². The highest BCUT2D eigenvalue weighted by Gasteiger charge is 2.22. The monoisotopic (exact) mass is 756 g/mol. The third-order valence-electron chi connectivity index (χ3n) is 11.4. The van der Waals surface area contributed by atoms with Gasteiger partial charge in [0.15, 0.2) is 17.5 Å². The van der Waals surface area contributed by atoms with Crippen LogP contribution in [0.2, 0.25) is 0 Å². The Kier molecular flexibility index (Phi) is 7.37. The lowest BCUT2D eigenvalue weighted by atomic mass is 9.93. The van der Waals surface area contributed by atoms with Crippen LogP contribution in [0, 0.1) is 0 Å². The lowest BCUT2D eigenvalue weighted by Crippen LogP contribution is -2.02. The average Bonchev–Trinajstić information content (AvgIpc) is 3.84. The van der Waals surface area contributed by atoms with Crippen LogP contribution in [0.3, 0.4) is 0 Å². The summed E-state index contributed by atoms with van der Waals surface area (Å²) in [4.78, 5) is 15.6. The minimum absolute atomic E-state index is 0.629. The van der Waals surface area contributed by atoms with E-state index in [4.69, 9.17) is 15.0 Å². The third-order valence-corrected chi connectivity index (χ3v) is 12.5. The highest BCUT2D eigenvalue weighted by molar-refractivity contribution is 7.26. The molecule has 0 aliphatic carbocycles. The predicted molar refractivity (Wildman–Crippen MR) is 244 cm³/mol. The molecule has 0 amide bonds. The van der Waals surface area contributed by atoms with Gasteiger partial charge in [0.2, 0.25) is 0 Å². The summed E-state index contributed by atoms with van der Waals surface area (Å²) in [7, 11) is 0. The van der Waals surface area contributed by atoms with Gasteiger partial charge in [0.1, 0.15) is 0 Å². The second-order valence-corrected chi connectivity index (χ2v) is 15.9. The second-order valence-electron chi connectivity index (χ2n) is 14.8. The largest absolute Gasteiger partial charge is 0.309 e. The van der Waals surface area contributed by atoms with Crippen molar-refractivity contribution < 1.29 is 0 Å². The maximum Gasteiger partial charge on any atom is 0.164 e. The fraction of sp³-hybridized carbons (Fsp3) is 0. The SMILES string of the molecule is c1ccc(-c2nc(-c3ccccc3)nc(-c3ccc(-n4c5ccccc5c5cc6ccccc6cc54)cc3-c3cccc4sc5ccc6ccccc6c5c34)n2)cc1. The summed E-state index contributed by atoms with van der Waals surface area (Å²) in [5.74, 6) is 1.90. The van der Waals surface area contributed by atoms with Crippen LogP contribution in [0.4, 0.5) is 0 Å². The van der Waals surface area contributed by atoms with E-state index in [1.54, 1.807) is 0 Å². The van der Waals surface area contributed by atoms with Crippen LogP contribution in [0.15, 0.2) is 194 Å². The molecule has 12 aromatic rings. The molecule has 0 saturated heterocycles. The van der Waals surface area contributed by atoms with Crippen molar-refractivity contribution in [2.24, 2.45) is 0 Å². The molecule has 9 aromatic carbocycles. The maximum atomic E-state index is 5.27. The van der Waals surface area contributed by atoms with Gasteiger partial charge in [-0.2, -0.15) is 0 Å². The Morgan fingerprint density at radius 3 is 1.72 bits per heavy atom. The third kappa shape index (κ3) is 5.18. The molecule has 0 fully saturated rings. The molecular formula is C53H32N4S. The zero-order chi connectivity index (χ0) is 38.2. The molecule has 0 spiro atoms. The summed E-state index contributed by atoms with van der Waals surface area (Å²) in [5, 5.41) is 9.90. The molecule has 0 bridgehead atoms. The van der Waals surface area contributed by atoms with E-state index in [1.807, 2.05) is 47.7 Å². The van der Waals surface area contributed by atoms with Crippen molar-refractivity contribution in [3.63, 3.8) is 0 Å². The molecule has 0 saturated carbocycles. The first-order chi connectivity index (χ1) is 28.7. The Bertz CT molecular complexity index is 3510. The molecule has 5 heteroatoms. The van der Waals surface area contributed by atoms with E-state index in [1.165, 1.54) is 58.0 Å². The second kappa shape index (κ2) is 13.1. The Hall–Kier alpha value is -7.47. The number of para-hydroxylation sites is 1. The highest BCUT2D eigenvalue weighted by Crippen LogP contribution is 2.46. The lowest BCUT2D eigenvalue weighted by molar-refractivity contribution is 1.07. The number of rotatable bonds is 5. The van der Waals surface area contributed by atoms with Crippen LogP contribution in [-0.4, -0.2) is 19.5 Å². The summed E-state index contributed by atoms with van der Waals surface area (Å²) < 4.78 is 4.93. The molecule has 58 heavy (non-hydrogen) atoms. The minimum Gasteiger partial charge on any atom is -0.309 e. The van der Waals surface area contributed by atoms with Crippen molar-refractivity contribution in [3.8, 4) is 51.0 Å². The average molecular weight is 757 g/mol. The van der Waals surface area contributed by atoms with Gasteiger partial charge in [-0.3, -0.25) is 0 Å². The van der Waals surface area contributed by atoms with Gasteiger partial charge in [0.05, 0.1) is 11.0 Å². The van der Waals surface area contributed by atoms with Crippen molar-refractivity contribution in [3.05, 3.63) is 194 Å². The summed E-state index contributed by atoms with van der Waals surface area (Å²) in [6.45, 7) is 0. The number of hydrogen-bond acceptors (Lipinski definition) is 4. The molecular weight excluding hydrogens is 725 g/mol. The smallest absolute Gasteiger partial charge is 0.164 e. The number of thiophene rings is 1. The summed E-state index contributed by atoms with van der Waals surface area (Å²) in [6.07, 6.45) is 0. The van der Waals surface area contributed by atoms with Crippen molar-refractivity contribution in [2.75, 3.05) is 0 Å². The Morgan fingerprint density at radius 2 is 0.966 bits per heavy atom. The van der Waals surface area contributed by atoms with E-state index in [0.29, 0.717) is 17.5 Å². The first kappa shape index (κ1) is 32.7. The molecule has 0 N–H and O–H groups in total. The molecule has 270 valence electrons. The zero-order valence-electron chi connectivity index (χ0n) is 31.2. The van der Waals surface area contributed by atoms with E-state index in [-0.39, 0.29) is 0 Å². The fourth-order valence-electron chi connectivity index (χ4n) is 8.76. The van der Waals surface area contributed by atoms with E-state index in [2.05, 4.69) is 162 Å². The van der Waals surface area contributed by atoms with Crippen LogP contribution in [-0.2, 0) is 0 Å². The van der Waals surface area contributed by atoms with Gasteiger partial charge in [-0.25, -0.2) is 15.0 Å². The quantitative estimate of drug-likeness (QED) is 0.176. The highest BCUT2D eigenvalue weighted by atomic mass is 32.1. The van der Waals surface area contributed by atoms with Gasteiger partial charge in [0, 0.05) is 53.3 Å². The fourth-order valence-corrected chi connectivity index (χ4v) is 9.91. The van der Waals surface area contributed by atoms with Gasteiger partial charge in [-0.1, -0.05) is 146 Å². The van der Waals surface area contributed by atoms with E-state index >= 15 is 0 Å². The molecule has 0 radical (unpaired) electrons. The Morgan fingerprint density at radius 1 is 0.345 bits per heavy atom. The molecule has 0 aliphatic heterocycles. The minimum atomic E-state index is 0.629. The first-order valence-corrected chi connectivity index (χ1v) is 20.3. The molecule has 12 rings (SSSR count). The summed E-state index contributed by atoms with van der Waals surface area (Å²) in [5.41, 5.74) is 8.43. The topological polar surface area (TPSA) is 43.6 Å². The number of fused-ring (bicyclic) bond motifs is 9. The van der Waals surface area contributed by atoms with Crippen molar-refractivity contribution in [1.82, 2.24) is 19.5 Å². The van der Waals surface area contributed by atoms with Crippen molar-refractivity contribution in [1.29, 1.82) is 0 Å². The Balaban J connectivity index is 1.20. The molecule has 0 unspecified atom stereocenters. The molecule has 3 aromatic heterocycles. The maximum absolute atomic E-state index is 5.27. The summed E-state index contributed by atoms with van der Waals surface area (Å²) in [6, 6.07) is 69.2. The van der Waals surface area contributed by atoms with Crippen molar-refractivity contribution in [2.45, 2.75) is 0 Å². The zero-order valence-corrected chi connectivity index (χ0v) is 32.0.